The molecular weight excluding hydrogens is 347 g/mol. The van der Waals surface area contributed by atoms with Crippen molar-refractivity contribution in [3.05, 3.63) is 52.8 Å². The third-order valence-electron chi connectivity index (χ3n) is 4.17. The van der Waals surface area contributed by atoms with E-state index >= 15 is 0 Å². The van der Waals surface area contributed by atoms with Gasteiger partial charge in [0.2, 0.25) is 0 Å². The quantitative estimate of drug-likeness (QED) is 0.596. The van der Waals surface area contributed by atoms with Crippen molar-refractivity contribution in [2.75, 3.05) is 0 Å². The van der Waals surface area contributed by atoms with E-state index in [0.29, 0.717) is 21.3 Å². The van der Waals surface area contributed by atoms with Crippen molar-refractivity contribution in [3.63, 3.8) is 0 Å². The number of fused-ring (bicyclic) bond motifs is 3. The van der Waals surface area contributed by atoms with Gasteiger partial charge in [0.25, 0.3) is 5.56 Å². The standard InChI is InChI=1S/C17H12F3N5O/c1-9-11(3-2-4-21-9)10-5-13-15(22-6-10)14-12(7-23-24-14)16(26)25(13)8-17(18,19)20/h2-7H,8H2,1H3,(H,23,24). The summed E-state index contributed by atoms with van der Waals surface area (Å²) < 4.78 is 39.8. The van der Waals surface area contributed by atoms with Crippen molar-refractivity contribution >= 4 is 21.9 Å². The van der Waals surface area contributed by atoms with Crippen LogP contribution in [0, 0.1) is 6.92 Å². The third-order valence-corrected chi connectivity index (χ3v) is 4.17. The van der Waals surface area contributed by atoms with Crippen LogP contribution in [0.1, 0.15) is 5.69 Å². The first kappa shape index (κ1) is 16.2. The van der Waals surface area contributed by atoms with Gasteiger partial charge in [-0.2, -0.15) is 18.3 Å². The van der Waals surface area contributed by atoms with Crippen molar-refractivity contribution in [3.8, 4) is 11.1 Å². The van der Waals surface area contributed by atoms with E-state index in [1.165, 1.54) is 12.3 Å². The Morgan fingerprint density at radius 3 is 2.77 bits per heavy atom. The Kier molecular flexibility index (Phi) is 3.53. The van der Waals surface area contributed by atoms with E-state index < -0.39 is 18.3 Å². The number of pyridine rings is 3. The lowest BCUT2D eigenvalue weighted by Gasteiger charge is -2.14. The summed E-state index contributed by atoms with van der Waals surface area (Å²) in [6, 6.07) is 5.05. The fourth-order valence-electron chi connectivity index (χ4n) is 3.01. The van der Waals surface area contributed by atoms with Gasteiger partial charge >= 0.3 is 6.18 Å². The van der Waals surface area contributed by atoms with Gasteiger partial charge < -0.3 is 0 Å². The van der Waals surface area contributed by atoms with Gasteiger partial charge in [-0.1, -0.05) is 6.07 Å². The number of nitrogens with zero attached hydrogens (tertiary/aromatic N) is 4. The maximum atomic E-state index is 13.0. The molecule has 0 bridgehead atoms. The molecule has 6 nitrogen and oxygen atoms in total. The highest BCUT2D eigenvalue weighted by Crippen LogP contribution is 2.28. The zero-order chi connectivity index (χ0) is 18.5. The second-order valence-electron chi connectivity index (χ2n) is 5.89. The van der Waals surface area contributed by atoms with Crippen molar-refractivity contribution < 1.29 is 13.2 Å². The van der Waals surface area contributed by atoms with Gasteiger partial charge in [0, 0.05) is 29.2 Å². The van der Waals surface area contributed by atoms with Crippen LogP contribution in [-0.4, -0.2) is 30.9 Å². The Labute approximate surface area is 144 Å². The summed E-state index contributed by atoms with van der Waals surface area (Å²) in [5.74, 6) is 0. The number of hydrogen-bond acceptors (Lipinski definition) is 4. The molecule has 0 spiro atoms. The molecular formula is C17H12F3N5O. The fraction of sp³-hybridized carbons (Fsp3) is 0.176. The van der Waals surface area contributed by atoms with Gasteiger partial charge in [-0.3, -0.25) is 24.4 Å². The molecule has 0 unspecified atom stereocenters. The molecule has 0 amide bonds. The van der Waals surface area contributed by atoms with Crippen LogP contribution in [0.2, 0.25) is 0 Å². The number of alkyl halides is 3. The smallest absolute Gasteiger partial charge is 0.297 e. The molecule has 0 aliphatic heterocycles. The third kappa shape index (κ3) is 2.61. The summed E-state index contributed by atoms with van der Waals surface area (Å²) in [5.41, 5.74) is 1.92. The van der Waals surface area contributed by atoms with Crippen LogP contribution in [0.5, 0.6) is 0 Å². The minimum atomic E-state index is -4.55. The van der Waals surface area contributed by atoms with E-state index in [1.807, 2.05) is 0 Å². The topological polar surface area (TPSA) is 76.5 Å². The Morgan fingerprint density at radius 1 is 1.23 bits per heavy atom. The number of aromatic amines is 1. The molecule has 4 aromatic rings. The zero-order valence-electron chi connectivity index (χ0n) is 13.5. The first-order chi connectivity index (χ1) is 12.3. The Balaban J connectivity index is 2.08. The summed E-state index contributed by atoms with van der Waals surface area (Å²) in [7, 11) is 0. The van der Waals surface area contributed by atoms with Crippen LogP contribution < -0.4 is 5.56 Å². The molecule has 0 aliphatic carbocycles. The van der Waals surface area contributed by atoms with E-state index in [2.05, 4.69) is 20.2 Å². The molecule has 4 aromatic heterocycles. The normalized spacial score (nSPS) is 12.2. The molecule has 0 saturated carbocycles. The van der Waals surface area contributed by atoms with Crippen LogP contribution in [0.25, 0.3) is 33.1 Å². The highest BCUT2D eigenvalue weighted by Gasteiger charge is 2.30. The predicted octanol–water partition coefficient (Wildman–Crippen LogP) is 3.21. The lowest BCUT2D eigenvalue weighted by Crippen LogP contribution is -2.28. The molecule has 1 N–H and O–H groups in total. The fourth-order valence-corrected chi connectivity index (χ4v) is 3.01. The number of halogens is 3. The Morgan fingerprint density at radius 2 is 2.04 bits per heavy atom. The zero-order valence-corrected chi connectivity index (χ0v) is 13.5. The molecule has 0 aromatic carbocycles. The second-order valence-corrected chi connectivity index (χ2v) is 5.89. The van der Waals surface area contributed by atoms with E-state index in [9.17, 15) is 18.0 Å². The number of aryl methyl sites for hydroxylation is 1. The van der Waals surface area contributed by atoms with Crippen LogP contribution in [0.3, 0.4) is 0 Å². The number of rotatable bonds is 2. The number of hydrogen-bond donors (Lipinski definition) is 1. The summed E-state index contributed by atoms with van der Waals surface area (Å²) >= 11 is 0. The molecule has 4 rings (SSSR count). The lowest BCUT2D eigenvalue weighted by molar-refractivity contribution is -0.140. The highest BCUT2D eigenvalue weighted by molar-refractivity contribution is 6.01. The first-order valence-corrected chi connectivity index (χ1v) is 7.69. The predicted molar refractivity (Wildman–Crippen MR) is 89.7 cm³/mol. The molecule has 0 atom stereocenters. The maximum absolute atomic E-state index is 13.0. The molecule has 0 radical (unpaired) electrons. The lowest BCUT2D eigenvalue weighted by atomic mass is 10.1. The van der Waals surface area contributed by atoms with E-state index in [4.69, 9.17) is 0 Å². The second kappa shape index (κ2) is 5.65. The summed E-state index contributed by atoms with van der Waals surface area (Å²) in [6.45, 7) is 0.390. The van der Waals surface area contributed by atoms with Crippen molar-refractivity contribution in [2.45, 2.75) is 19.6 Å². The molecule has 26 heavy (non-hydrogen) atoms. The van der Waals surface area contributed by atoms with Gasteiger partial charge in [0.15, 0.2) is 0 Å². The van der Waals surface area contributed by atoms with Crippen molar-refractivity contribution in [1.29, 1.82) is 0 Å². The van der Waals surface area contributed by atoms with Gasteiger partial charge in [-0.25, -0.2) is 0 Å². The van der Waals surface area contributed by atoms with E-state index in [0.717, 1.165) is 5.56 Å². The highest BCUT2D eigenvalue weighted by atomic mass is 19.4. The van der Waals surface area contributed by atoms with Crippen molar-refractivity contribution in [1.82, 2.24) is 24.7 Å². The Hall–Kier alpha value is -3.23. The average Bonchev–Trinajstić information content (AvgIpc) is 3.08. The number of H-pyrrole nitrogens is 1. The molecule has 132 valence electrons. The molecule has 0 saturated heterocycles. The Bertz CT molecular complexity index is 1190. The van der Waals surface area contributed by atoms with Crippen molar-refractivity contribution in [2.24, 2.45) is 0 Å². The van der Waals surface area contributed by atoms with E-state index in [-0.39, 0.29) is 16.4 Å². The molecule has 0 aliphatic rings. The van der Waals surface area contributed by atoms with Crippen LogP contribution in [-0.2, 0) is 6.54 Å². The monoisotopic (exact) mass is 359 g/mol. The van der Waals surface area contributed by atoms with Gasteiger partial charge in [0.1, 0.15) is 12.1 Å². The largest absolute Gasteiger partial charge is 0.406 e. The van der Waals surface area contributed by atoms with E-state index in [1.54, 1.807) is 31.5 Å². The van der Waals surface area contributed by atoms with Crippen LogP contribution in [0.15, 0.2) is 41.6 Å². The van der Waals surface area contributed by atoms with Gasteiger partial charge in [-0.05, 0) is 19.1 Å². The molecule has 0 fully saturated rings. The van der Waals surface area contributed by atoms with Crippen LogP contribution in [0.4, 0.5) is 13.2 Å². The summed E-state index contributed by atoms with van der Waals surface area (Å²) in [4.78, 5) is 21.0. The number of nitrogens with one attached hydrogen (secondary N) is 1. The first-order valence-electron chi connectivity index (χ1n) is 7.69. The summed E-state index contributed by atoms with van der Waals surface area (Å²) in [6.07, 6.45) is -0.157. The van der Waals surface area contributed by atoms with Gasteiger partial charge in [0.05, 0.1) is 22.6 Å². The minimum Gasteiger partial charge on any atom is -0.297 e. The summed E-state index contributed by atoms with van der Waals surface area (Å²) in [5, 5.41) is 6.49. The SMILES string of the molecule is Cc1ncccc1-c1cnc2c3[nH]ncc3c(=O)n(CC(F)(F)F)c2c1. The van der Waals surface area contributed by atoms with Gasteiger partial charge in [-0.15, -0.1) is 0 Å². The molecule has 4 heterocycles. The number of aromatic nitrogens is 5. The molecule has 9 heteroatoms. The minimum absolute atomic E-state index is 0.0690. The maximum Gasteiger partial charge on any atom is 0.406 e. The average molecular weight is 359 g/mol. The van der Waals surface area contributed by atoms with Crippen LogP contribution >= 0.6 is 0 Å².